The van der Waals surface area contributed by atoms with Gasteiger partial charge in [-0.2, -0.15) is 13.2 Å². The third-order valence-corrected chi connectivity index (χ3v) is 8.79. The Balaban J connectivity index is 1.63. The molecule has 0 radical (unpaired) electrons. The topological polar surface area (TPSA) is 54.8 Å². The van der Waals surface area contributed by atoms with E-state index in [1.165, 1.54) is 24.3 Å². The number of hydrogen-bond donors (Lipinski definition) is 0. The van der Waals surface area contributed by atoms with E-state index in [0.29, 0.717) is 16.7 Å². The van der Waals surface area contributed by atoms with Crippen LogP contribution >= 0.6 is 11.8 Å². The molecule has 0 N–H and O–H groups in total. The zero-order chi connectivity index (χ0) is 52.8. The molecule has 1 saturated heterocycles. The standard InChI is InChI=1S/C41H40F5N3O3S/c1-27(28-10-12-29(13-11-28)30-14-16-32(17-15-30)41(44,45)46)49(33-18-20-47(21-19-33)22-23-52-2)38(51)25-48-36-9-4-3-7-34(36)37(50)24-39(48)53-26-31-6-5-8-35(42)40(31)43/h3-17,24,27,33H,18-23,25-26H2,1-2H3/i2D3,18D2,19D2,20D2,21D2,25D2,26D2,27D,33D. The van der Waals surface area contributed by atoms with E-state index in [0.717, 1.165) is 67.6 Å². The number of carbonyl (C=O) groups excluding carboxylic acids is 1. The minimum absolute atomic E-state index is 0.117. The number of ether oxygens (including phenoxy) is 1. The molecular weight excluding hydrogens is 710 g/mol. The first kappa shape index (κ1) is 22.0. The molecule has 1 unspecified atom stereocenters. The van der Waals surface area contributed by atoms with Crippen molar-refractivity contribution in [2.24, 2.45) is 0 Å². The SMILES string of the molecule is [2H]C([2H])([2H])OCCN1C([2H])([2H])C([2H])([2H])C([2H])(N(C(=O)C([2H])([2H])n2c(SC([2H])([2H])c3cccc(F)c3F)cc(=O)c3ccccc32)C([2H])(C)c2ccc(-c3ccc(C(F)(F)F)cc3)cc2)C([2H])([2H])C1([2H])[2H]. The van der Waals surface area contributed by atoms with Gasteiger partial charge in [-0.05, 0) is 66.7 Å². The van der Waals surface area contributed by atoms with Crippen LogP contribution in [-0.2, 0) is 27.9 Å². The molecule has 6 nitrogen and oxygen atoms in total. The molecule has 1 aliphatic heterocycles. The molecule has 1 amide bonds. The summed E-state index contributed by atoms with van der Waals surface area (Å²) in [6.45, 7) is -13.6. The number of methoxy groups -OCH3 is 1. The van der Waals surface area contributed by atoms with E-state index in [4.69, 9.17) is 12.3 Å². The minimum Gasteiger partial charge on any atom is -0.383 e. The van der Waals surface area contributed by atoms with E-state index in [9.17, 15) is 33.3 Å². The lowest BCUT2D eigenvalue weighted by molar-refractivity contribution is -0.138. The third-order valence-electron chi connectivity index (χ3n) is 7.96. The third kappa shape index (κ3) is 8.83. The van der Waals surface area contributed by atoms with Gasteiger partial charge in [0.1, 0.15) is 6.50 Å². The van der Waals surface area contributed by atoms with Crippen molar-refractivity contribution < 1.29 is 54.8 Å². The molecule has 0 bridgehead atoms. The summed E-state index contributed by atoms with van der Waals surface area (Å²) in [4.78, 5) is 28.8. The van der Waals surface area contributed by atoms with Crippen molar-refractivity contribution in [1.29, 1.82) is 0 Å². The van der Waals surface area contributed by atoms with E-state index in [-0.39, 0.29) is 38.1 Å². The smallest absolute Gasteiger partial charge is 0.383 e. The summed E-state index contributed by atoms with van der Waals surface area (Å²) in [5.74, 6) is -5.49. The van der Waals surface area contributed by atoms with Crippen LogP contribution in [0.2, 0.25) is 0 Å². The van der Waals surface area contributed by atoms with Crippen molar-refractivity contribution in [1.82, 2.24) is 14.4 Å². The molecule has 53 heavy (non-hydrogen) atoms. The Kier molecular flexibility index (Phi) is 6.91. The van der Waals surface area contributed by atoms with Gasteiger partial charge in [0.25, 0.3) is 0 Å². The van der Waals surface area contributed by atoms with Gasteiger partial charge in [0.05, 0.1) is 38.3 Å². The molecule has 0 aliphatic carbocycles. The molecule has 0 saturated carbocycles. The largest absolute Gasteiger partial charge is 0.416 e. The molecule has 5 aromatic rings. The van der Waals surface area contributed by atoms with Crippen molar-refractivity contribution in [2.45, 2.75) is 55.1 Å². The first-order valence-corrected chi connectivity index (χ1v) is 16.5. The fraction of sp³-hybridized carbons (Fsp3) is 0.317. The van der Waals surface area contributed by atoms with Crippen molar-refractivity contribution in [3.8, 4) is 11.1 Å². The van der Waals surface area contributed by atoms with Crippen LogP contribution < -0.4 is 5.43 Å². The van der Waals surface area contributed by atoms with Gasteiger partial charge in [-0.15, -0.1) is 11.8 Å². The van der Waals surface area contributed by atoms with Crippen LogP contribution in [0.15, 0.2) is 107 Å². The number of pyridine rings is 1. The molecule has 1 aliphatic rings. The second-order valence-corrected chi connectivity index (χ2v) is 12.1. The van der Waals surface area contributed by atoms with Gasteiger partial charge < -0.3 is 19.1 Å². The van der Waals surface area contributed by atoms with Crippen LogP contribution in [0.25, 0.3) is 22.0 Å². The van der Waals surface area contributed by atoms with Crippen molar-refractivity contribution >= 4 is 28.6 Å². The number of thioether (sulfide) groups is 1. The number of nitrogens with zero attached hydrogens (tertiary/aromatic N) is 3. The molecule has 0 spiro atoms. The number of alkyl halides is 3. The van der Waals surface area contributed by atoms with Crippen LogP contribution in [0.1, 0.15) is 65.7 Å². The maximum Gasteiger partial charge on any atom is 0.416 e. The van der Waals surface area contributed by atoms with Crippen LogP contribution in [0.4, 0.5) is 22.0 Å². The van der Waals surface area contributed by atoms with Crippen molar-refractivity contribution in [2.75, 3.05) is 33.2 Å². The maximum atomic E-state index is 15.7. The summed E-state index contributed by atoms with van der Waals surface area (Å²) in [5.41, 5.74) is -6.75. The lowest BCUT2D eigenvalue weighted by atomic mass is 9.96. The number of likely N-dealkylation sites (tertiary alicyclic amines) is 1. The van der Waals surface area contributed by atoms with E-state index in [2.05, 4.69) is 4.74 Å². The summed E-state index contributed by atoms with van der Waals surface area (Å²) < 4.78 is 226. The Morgan fingerprint density at radius 2 is 1.72 bits per heavy atom. The Morgan fingerprint density at radius 3 is 2.40 bits per heavy atom. The average molecular weight is 767 g/mol. The van der Waals surface area contributed by atoms with Crippen molar-refractivity contribution in [3.63, 3.8) is 0 Å². The number of rotatable bonds is 12. The zero-order valence-corrected chi connectivity index (χ0v) is 28.3. The number of carbonyl (C=O) groups is 1. The van der Waals surface area contributed by atoms with Crippen LogP contribution in [-0.4, -0.2) is 59.5 Å². The number of fused-ring (bicyclic) bond motifs is 1. The fourth-order valence-corrected chi connectivity index (χ4v) is 6.02. The summed E-state index contributed by atoms with van der Waals surface area (Å²) in [7, 11) is -3.16. The van der Waals surface area contributed by atoms with Crippen LogP contribution in [0, 0.1) is 11.6 Å². The molecule has 12 heteroatoms. The summed E-state index contributed by atoms with van der Waals surface area (Å²) in [6, 6.07) is 8.28. The van der Waals surface area contributed by atoms with Gasteiger partial charge in [-0.3, -0.25) is 9.59 Å². The number of halogens is 5. The van der Waals surface area contributed by atoms with Gasteiger partial charge in [0.2, 0.25) is 5.91 Å². The highest BCUT2D eigenvalue weighted by Crippen LogP contribution is 2.34. The number of aromatic nitrogens is 1. The quantitative estimate of drug-likeness (QED) is 0.0938. The van der Waals surface area contributed by atoms with E-state index >= 15 is 9.18 Å². The first-order valence-electron chi connectivity index (χ1n) is 24.2. The average Bonchev–Trinajstić information content (AvgIpc) is 3.24. The number of amides is 1. The second kappa shape index (κ2) is 16.7. The maximum absolute atomic E-state index is 15.7. The van der Waals surface area contributed by atoms with Crippen LogP contribution in [0.3, 0.4) is 0 Å². The lowest BCUT2D eigenvalue weighted by Gasteiger charge is -2.42. The zero-order valence-electron chi connectivity index (χ0n) is 44.5. The monoisotopic (exact) mass is 766 g/mol. The van der Waals surface area contributed by atoms with Gasteiger partial charge in [-0.1, -0.05) is 60.7 Å². The Bertz CT molecular complexity index is 2840. The Hall–Kier alpha value is -4.52. The van der Waals surface area contributed by atoms with Gasteiger partial charge >= 0.3 is 6.18 Å². The second-order valence-electron chi connectivity index (χ2n) is 11.3. The highest BCUT2D eigenvalue weighted by Gasteiger charge is 2.33. The highest BCUT2D eigenvalue weighted by atomic mass is 32.2. The number of benzene rings is 4. The molecule has 1 fully saturated rings. The first-order chi connectivity index (χ1) is 31.8. The number of hydrogen-bond acceptors (Lipinski definition) is 5. The van der Waals surface area contributed by atoms with Crippen molar-refractivity contribution in [3.05, 3.63) is 136 Å². The summed E-state index contributed by atoms with van der Waals surface area (Å²) in [6.07, 6.45) is -13.3. The molecule has 4 aromatic carbocycles. The lowest BCUT2D eigenvalue weighted by Crippen LogP contribution is -2.49. The van der Waals surface area contributed by atoms with E-state index < -0.39 is 127 Å². The molecule has 1 aromatic heterocycles. The molecule has 6 rings (SSSR count). The van der Waals surface area contributed by atoms with E-state index in [1.807, 2.05) is 0 Å². The number of piperidine rings is 1. The molecule has 1 atom stereocenters. The van der Waals surface area contributed by atoms with Gasteiger partial charge in [-0.25, -0.2) is 8.78 Å². The molecule has 2 heterocycles. The highest BCUT2D eigenvalue weighted by molar-refractivity contribution is 7.98. The summed E-state index contributed by atoms with van der Waals surface area (Å²) in [5, 5.41) is -1.23. The van der Waals surface area contributed by atoms with Gasteiger partial charge in [0.15, 0.2) is 17.1 Å². The fourth-order valence-electron chi connectivity index (χ4n) is 5.24. The van der Waals surface area contributed by atoms with Crippen LogP contribution in [0.5, 0.6) is 0 Å². The molecule has 278 valence electrons. The number of para-hydroxylation sites is 1. The summed E-state index contributed by atoms with van der Waals surface area (Å²) >= 11 is -0.122. The van der Waals surface area contributed by atoms with Gasteiger partial charge in [0, 0.05) is 69.0 Å². The predicted molar refractivity (Wildman–Crippen MR) is 198 cm³/mol. The van der Waals surface area contributed by atoms with E-state index in [1.54, 1.807) is 0 Å². The minimum atomic E-state index is -4.70. The normalized spacial score (nSPS) is 25.3. The Labute approximate surface area is 333 Å². The Morgan fingerprint density at radius 1 is 1.04 bits per heavy atom. The predicted octanol–water partition coefficient (Wildman–Crippen LogP) is 8.96. The molecular formula is C41H40F5N3O3S.